The maximum absolute atomic E-state index is 10.5. The Morgan fingerprint density at radius 3 is 2.20 bits per heavy atom. The number of hydrogen-bond donors (Lipinski definition) is 1. The standard InChI is InChI=1S/C8H16O2/c1-6(2)4-5-8(10)7(3)9/h6,8,10H,4-5H2,1-3H3/t8-/m1/s1. The fourth-order valence-electron chi connectivity index (χ4n) is 0.694. The van der Waals surface area contributed by atoms with Gasteiger partial charge in [-0.25, -0.2) is 0 Å². The van der Waals surface area contributed by atoms with Crippen molar-refractivity contribution in [1.82, 2.24) is 0 Å². The van der Waals surface area contributed by atoms with E-state index >= 15 is 0 Å². The molecule has 0 aliphatic carbocycles. The molecule has 0 aromatic heterocycles. The topological polar surface area (TPSA) is 37.3 Å². The molecule has 1 atom stereocenters. The van der Waals surface area contributed by atoms with Gasteiger partial charge >= 0.3 is 0 Å². The van der Waals surface area contributed by atoms with Crippen LogP contribution < -0.4 is 0 Å². The Labute approximate surface area is 62.2 Å². The van der Waals surface area contributed by atoms with Crippen LogP contribution >= 0.6 is 0 Å². The molecule has 0 aromatic carbocycles. The largest absolute Gasteiger partial charge is 0.385 e. The third-order valence-electron chi connectivity index (χ3n) is 1.49. The van der Waals surface area contributed by atoms with Crippen LogP contribution in [-0.2, 0) is 4.79 Å². The SMILES string of the molecule is CC(=O)[C@H](O)CCC(C)C. The van der Waals surface area contributed by atoms with E-state index in [-0.39, 0.29) is 5.78 Å². The van der Waals surface area contributed by atoms with Crippen LogP contribution in [0.4, 0.5) is 0 Å². The van der Waals surface area contributed by atoms with E-state index in [1.54, 1.807) is 0 Å². The van der Waals surface area contributed by atoms with Gasteiger partial charge in [0, 0.05) is 0 Å². The summed E-state index contributed by atoms with van der Waals surface area (Å²) in [6.45, 7) is 5.57. The Morgan fingerprint density at radius 1 is 1.40 bits per heavy atom. The zero-order chi connectivity index (χ0) is 8.15. The average Bonchev–Trinajstić information content (AvgIpc) is 1.82. The molecule has 0 saturated carbocycles. The molecule has 0 aliphatic rings. The lowest BCUT2D eigenvalue weighted by atomic mass is 10.0. The van der Waals surface area contributed by atoms with Crippen LogP contribution in [0.1, 0.15) is 33.6 Å². The van der Waals surface area contributed by atoms with Crippen LogP contribution in [0, 0.1) is 5.92 Å². The van der Waals surface area contributed by atoms with Crippen molar-refractivity contribution in [3.8, 4) is 0 Å². The number of aliphatic hydroxyl groups excluding tert-OH is 1. The van der Waals surface area contributed by atoms with Crippen LogP contribution in [-0.4, -0.2) is 17.0 Å². The average molecular weight is 144 g/mol. The molecule has 60 valence electrons. The second kappa shape index (κ2) is 4.45. The van der Waals surface area contributed by atoms with E-state index in [9.17, 15) is 4.79 Å². The Kier molecular flexibility index (Phi) is 4.28. The molecule has 2 nitrogen and oxygen atoms in total. The molecule has 1 N–H and O–H groups in total. The highest BCUT2D eigenvalue weighted by Gasteiger charge is 2.09. The normalized spacial score (nSPS) is 13.7. The Balaban J connectivity index is 3.40. The quantitative estimate of drug-likeness (QED) is 0.647. The molecule has 0 amide bonds. The van der Waals surface area contributed by atoms with Crippen molar-refractivity contribution < 1.29 is 9.90 Å². The number of hydrogen-bond acceptors (Lipinski definition) is 2. The molecule has 2 heteroatoms. The van der Waals surface area contributed by atoms with Crippen molar-refractivity contribution in [2.75, 3.05) is 0 Å². The minimum absolute atomic E-state index is 0.124. The lowest BCUT2D eigenvalue weighted by molar-refractivity contribution is -0.125. The highest BCUT2D eigenvalue weighted by Crippen LogP contribution is 2.06. The first kappa shape index (κ1) is 9.63. The van der Waals surface area contributed by atoms with Crippen LogP contribution in [0.5, 0.6) is 0 Å². The van der Waals surface area contributed by atoms with Crippen LogP contribution in [0.25, 0.3) is 0 Å². The zero-order valence-corrected chi connectivity index (χ0v) is 6.92. The summed E-state index contributed by atoms with van der Waals surface area (Å²) < 4.78 is 0. The minimum atomic E-state index is -0.734. The molecule has 0 aliphatic heterocycles. The Hall–Kier alpha value is -0.370. The van der Waals surface area contributed by atoms with E-state index in [2.05, 4.69) is 13.8 Å². The number of ketones is 1. The summed E-state index contributed by atoms with van der Waals surface area (Å²) in [5.74, 6) is 0.439. The molecule has 0 spiro atoms. The summed E-state index contributed by atoms with van der Waals surface area (Å²) in [5.41, 5.74) is 0. The molecule has 0 heterocycles. The fraction of sp³-hybridized carbons (Fsp3) is 0.875. The number of Topliss-reactive ketones (excluding diaryl/α,β-unsaturated/α-hetero) is 1. The van der Waals surface area contributed by atoms with Gasteiger partial charge in [-0.3, -0.25) is 4.79 Å². The van der Waals surface area contributed by atoms with Crippen molar-refractivity contribution in [2.45, 2.75) is 39.7 Å². The molecule has 0 saturated heterocycles. The van der Waals surface area contributed by atoms with Crippen LogP contribution in [0.3, 0.4) is 0 Å². The van der Waals surface area contributed by atoms with E-state index in [1.165, 1.54) is 6.92 Å². The molecule has 0 aromatic rings. The fourth-order valence-corrected chi connectivity index (χ4v) is 0.694. The van der Waals surface area contributed by atoms with Crippen LogP contribution in [0.15, 0.2) is 0 Å². The van der Waals surface area contributed by atoms with E-state index in [1.807, 2.05) is 0 Å². The van der Waals surface area contributed by atoms with Gasteiger partial charge in [0.05, 0.1) is 0 Å². The van der Waals surface area contributed by atoms with Gasteiger partial charge in [0.1, 0.15) is 6.10 Å². The lowest BCUT2D eigenvalue weighted by Crippen LogP contribution is -2.17. The third kappa shape index (κ3) is 4.50. The minimum Gasteiger partial charge on any atom is -0.385 e. The van der Waals surface area contributed by atoms with E-state index in [4.69, 9.17) is 5.11 Å². The number of carbonyl (C=O) groups is 1. The molecular formula is C8H16O2. The number of aliphatic hydroxyl groups is 1. The molecular weight excluding hydrogens is 128 g/mol. The van der Waals surface area contributed by atoms with Gasteiger partial charge in [-0.05, 0) is 25.7 Å². The van der Waals surface area contributed by atoms with Crippen molar-refractivity contribution in [3.05, 3.63) is 0 Å². The summed E-state index contributed by atoms with van der Waals surface area (Å²) in [7, 11) is 0. The predicted molar refractivity (Wildman–Crippen MR) is 40.8 cm³/mol. The van der Waals surface area contributed by atoms with E-state index in [0.717, 1.165) is 6.42 Å². The van der Waals surface area contributed by atoms with Gasteiger partial charge in [-0.15, -0.1) is 0 Å². The zero-order valence-electron chi connectivity index (χ0n) is 6.92. The summed E-state index contributed by atoms with van der Waals surface area (Å²) in [6.07, 6.45) is 0.788. The van der Waals surface area contributed by atoms with Gasteiger partial charge in [0.2, 0.25) is 0 Å². The first-order chi connectivity index (χ1) is 4.54. The maximum Gasteiger partial charge on any atom is 0.158 e. The third-order valence-corrected chi connectivity index (χ3v) is 1.49. The second-order valence-corrected chi connectivity index (χ2v) is 3.10. The molecule has 0 radical (unpaired) electrons. The molecule has 0 unspecified atom stereocenters. The highest BCUT2D eigenvalue weighted by molar-refractivity contribution is 5.79. The van der Waals surface area contributed by atoms with Crippen molar-refractivity contribution in [2.24, 2.45) is 5.92 Å². The smallest absolute Gasteiger partial charge is 0.158 e. The second-order valence-electron chi connectivity index (χ2n) is 3.10. The monoisotopic (exact) mass is 144 g/mol. The summed E-state index contributed by atoms with van der Waals surface area (Å²) in [4.78, 5) is 10.5. The lowest BCUT2D eigenvalue weighted by Gasteiger charge is -2.07. The summed E-state index contributed by atoms with van der Waals surface area (Å²) >= 11 is 0. The molecule has 0 fully saturated rings. The molecule has 0 rings (SSSR count). The van der Waals surface area contributed by atoms with Gasteiger partial charge in [0.25, 0.3) is 0 Å². The first-order valence-corrected chi connectivity index (χ1v) is 3.72. The molecule has 0 bridgehead atoms. The summed E-state index contributed by atoms with van der Waals surface area (Å²) in [5, 5.41) is 9.03. The maximum atomic E-state index is 10.5. The molecule has 10 heavy (non-hydrogen) atoms. The number of rotatable bonds is 4. The van der Waals surface area contributed by atoms with Gasteiger partial charge < -0.3 is 5.11 Å². The van der Waals surface area contributed by atoms with Gasteiger partial charge in [-0.1, -0.05) is 13.8 Å². The van der Waals surface area contributed by atoms with E-state index in [0.29, 0.717) is 12.3 Å². The first-order valence-electron chi connectivity index (χ1n) is 3.72. The highest BCUT2D eigenvalue weighted by atomic mass is 16.3. The Morgan fingerprint density at radius 2 is 1.90 bits per heavy atom. The van der Waals surface area contributed by atoms with Crippen LogP contribution in [0.2, 0.25) is 0 Å². The van der Waals surface area contributed by atoms with E-state index < -0.39 is 6.10 Å². The predicted octanol–water partition coefficient (Wildman–Crippen LogP) is 1.37. The Bertz CT molecular complexity index is 108. The van der Waals surface area contributed by atoms with Crippen molar-refractivity contribution in [3.63, 3.8) is 0 Å². The van der Waals surface area contributed by atoms with Gasteiger partial charge in [-0.2, -0.15) is 0 Å². The van der Waals surface area contributed by atoms with Crippen molar-refractivity contribution in [1.29, 1.82) is 0 Å². The van der Waals surface area contributed by atoms with Gasteiger partial charge in [0.15, 0.2) is 5.78 Å². The summed E-state index contributed by atoms with van der Waals surface area (Å²) in [6, 6.07) is 0. The number of carbonyl (C=O) groups excluding carboxylic acids is 1. The van der Waals surface area contributed by atoms with Crippen molar-refractivity contribution >= 4 is 5.78 Å².